The van der Waals surface area contributed by atoms with Crippen molar-refractivity contribution in [2.75, 3.05) is 18.1 Å². The van der Waals surface area contributed by atoms with E-state index >= 15 is 0 Å². The van der Waals surface area contributed by atoms with Gasteiger partial charge in [0, 0.05) is 64.5 Å². The van der Waals surface area contributed by atoms with Crippen LogP contribution in [0.3, 0.4) is 0 Å². The zero-order chi connectivity index (χ0) is 36.5. The van der Waals surface area contributed by atoms with Gasteiger partial charge in [-0.1, -0.05) is 24.3 Å². The summed E-state index contributed by atoms with van der Waals surface area (Å²) in [7, 11) is 1.73. The van der Waals surface area contributed by atoms with Crippen LogP contribution in [0.2, 0.25) is 0 Å². The van der Waals surface area contributed by atoms with Gasteiger partial charge in [0.25, 0.3) is 11.8 Å². The molecule has 0 aliphatic heterocycles. The third kappa shape index (κ3) is 6.37. The summed E-state index contributed by atoms with van der Waals surface area (Å²) in [5.74, 6) is -0.200. The van der Waals surface area contributed by atoms with Gasteiger partial charge < -0.3 is 37.5 Å². The van der Waals surface area contributed by atoms with Gasteiger partial charge in [0.05, 0.1) is 24.2 Å². The molecule has 8 aromatic rings. The van der Waals surface area contributed by atoms with Crippen LogP contribution in [0.25, 0.3) is 43.6 Å². The summed E-state index contributed by atoms with van der Waals surface area (Å²) >= 11 is 0. The maximum Gasteiger partial charge on any atom is 0.322 e. The fraction of sp³-hybridized carbons (Fsp3) is 0.0857. The van der Waals surface area contributed by atoms with Gasteiger partial charge in [-0.05, 0) is 36.4 Å². The van der Waals surface area contributed by atoms with E-state index in [2.05, 4.69) is 30.1 Å². The highest BCUT2D eigenvalue weighted by Gasteiger charge is 2.19. The SMILES string of the molecule is Cn1nc(C(N)=O)c2ccc3cnc(Oc4cccc(N)c4)nc3c21.NC(=O)c1nn(CCO)c2c1ccc1cnc(Oc3cccc(N)c3)nc12. The first-order valence-electron chi connectivity index (χ1n) is 15.7. The molecule has 2 amide bonds. The maximum absolute atomic E-state index is 11.7. The first-order chi connectivity index (χ1) is 25.1. The van der Waals surface area contributed by atoms with Crippen LogP contribution in [0, 0.1) is 0 Å². The van der Waals surface area contributed by atoms with Crippen LogP contribution < -0.4 is 32.4 Å². The summed E-state index contributed by atoms with van der Waals surface area (Å²) in [4.78, 5) is 40.7. The summed E-state index contributed by atoms with van der Waals surface area (Å²) < 4.78 is 14.5. The van der Waals surface area contributed by atoms with Gasteiger partial charge in [-0.3, -0.25) is 19.0 Å². The van der Waals surface area contributed by atoms with Crippen molar-refractivity contribution in [1.29, 1.82) is 0 Å². The molecule has 0 aliphatic rings. The topological polar surface area (TPSA) is 264 Å². The molecule has 0 radical (unpaired) electrons. The molecule has 0 saturated heterocycles. The third-order valence-electron chi connectivity index (χ3n) is 7.88. The molecule has 8 rings (SSSR count). The first kappa shape index (κ1) is 33.1. The second-order valence-corrected chi connectivity index (χ2v) is 11.4. The van der Waals surface area contributed by atoms with Crippen molar-refractivity contribution in [3.8, 4) is 23.5 Å². The zero-order valence-corrected chi connectivity index (χ0v) is 27.5. The Morgan fingerprint density at radius 3 is 1.71 bits per heavy atom. The number of nitrogens with two attached hydrogens (primary N) is 4. The van der Waals surface area contributed by atoms with Crippen molar-refractivity contribution in [3.63, 3.8) is 0 Å². The van der Waals surface area contributed by atoms with Crippen molar-refractivity contribution in [2.45, 2.75) is 6.54 Å². The second kappa shape index (κ2) is 13.5. The maximum atomic E-state index is 11.7. The number of aliphatic hydroxyl groups is 1. The number of nitrogen functional groups attached to an aromatic ring is 2. The van der Waals surface area contributed by atoms with E-state index in [4.69, 9.17) is 32.4 Å². The van der Waals surface area contributed by atoms with Crippen LogP contribution in [0.15, 0.2) is 85.2 Å². The van der Waals surface area contributed by atoms with Gasteiger partial charge in [0.1, 0.15) is 22.5 Å². The average molecular weight is 699 g/mol. The number of rotatable bonds is 8. The molecule has 0 bridgehead atoms. The predicted octanol–water partition coefficient (Wildman–Crippen LogP) is 3.44. The predicted molar refractivity (Wildman–Crippen MR) is 193 cm³/mol. The van der Waals surface area contributed by atoms with E-state index in [1.165, 1.54) is 4.68 Å². The van der Waals surface area contributed by atoms with E-state index in [0.29, 0.717) is 55.7 Å². The molecule has 17 nitrogen and oxygen atoms in total. The first-order valence-corrected chi connectivity index (χ1v) is 15.7. The summed E-state index contributed by atoms with van der Waals surface area (Å²) in [6, 6.07) is 21.3. The minimum absolute atomic E-state index is 0.122. The number of carbonyl (C=O) groups excluding carboxylic acids is 2. The monoisotopic (exact) mass is 698 g/mol. The largest absolute Gasteiger partial charge is 0.424 e. The fourth-order valence-corrected chi connectivity index (χ4v) is 5.67. The third-order valence-corrected chi connectivity index (χ3v) is 7.88. The molecule has 260 valence electrons. The lowest BCUT2D eigenvalue weighted by Gasteiger charge is -2.07. The van der Waals surface area contributed by atoms with E-state index < -0.39 is 11.8 Å². The molecule has 0 fully saturated rings. The Labute approximate surface area is 293 Å². The molecule has 0 aliphatic carbocycles. The Hall–Kier alpha value is -7.40. The van der Waals surface area contributed by atoms with E-state index in [9.17, 15) is 14.7 Å². The Bertz CT molecular complexity index is 2670. The molecule has 0 spiro atoms. The number of hydrogen-bond acceptors (Lipinski definition) is 13. The number of fused-ring (bicyclic) bond motifs is 6. The van der Waals surface area contributed by atoms with Gasteiger partial charge in [0.15, 0.2) is 11.4 Å². The summed E-state index contributed by atoms with van der Waals surface area (Å²) in [5.41, 5.74) is 26.2. The number of nitrogens with zero attached hydrogens (tertiary/aromatic N) is 8. The fourth-order valence-electron chi connectivity index (χ4n) is 5.67. The van der Waals surface area contributed by atoms with Crippen LogP contribution in [0.1, 0.15) is 21.0 Å². The van der Waals surface area contributed by atoms with Gasteiger partial charge in [-0.15, -0.1) is 0 Å². The van der Waals surface area contributed by atoms with Gasteiger partial charge >= 0.3 is 12.0 Å². The number of aryl methyl sites for hydroxylation is 1. The minimum Gasteiger partial charge on any atom is -0.424 e. The van der Waals surface area contributed by atoms with Crippen molar-refractivity contribution < 1.29 is 24.2 Å². The average Bonchev–Trinajstić information content (AvgIpc) is 3.67. The molecule has 0 saturated carbocycles. The van der Waals surface area contributed by atoms with Crippen molar-refractivity contribution >= 4 is 66.8 Å². The molecule has 4 heterocycles. The summed E-state index contributed by atoms with van der Waals surface area (Å²) in [6.07, 6.45) is 3.27. The molecular formula is C35H30N12O5. The van der Waals surface area contributed by atoms with Crippen molar-refractivity contribution in [1.82, 2.24) is 39.5 Å². The number of aromatic nitrogens is 8. The lowest BCUT2D eigenvalue weighted by atomic mass is 10.1. The Kier molecular flexibility index (Phi) is 8.59. The van der Waals surface area contributed by atoms with E-state index in [0.717, 1.165) is 10.8 Å². The Balaban J connectivity index is 0.000000162. The van der Waals surface area contributed by atoms with Gasteiger partial charge in [0.2, 0.25) is 0 Å². The summed E-state index contributed by atoms with van der Waals surface area (Å²) in [5, 5.41) is 20.5. The zero-order valence-electron chi connectivity index (χ0n) is 27.5. The highest BCUT2D eigenvalue weighted by atomic mass is 16.5. The number of carbonyl (C=O) groups is 2. The molecule has 0 unspecified atom stereocenters. The standard InChI is InChI=1S/C18H16N6O3.C17H14N6O2/c19-11-2-1-3-12(8-11)27-18-21-9-10-4-5-13-15(17(20)26)23-24(6-7-25)16(13)14(10)22-18;1-23-15-12(14(22-23)16(19)24)6-5-9-8-20-17(21-13(9)15)25-11-4-2-3-10(18)7-11/h1-5,8-9,25H,6-7,19H2,(H2,20,26);2-8H,18H2,1H3,(H2,19,24). The highest BCUT2D eigenvalue weighted by Crippen LogP contribution is 2.30. The molecule has 4 aromatic heterocycles. The van der Waals surface area contributed by atoms with Crippen LogP contribution in [0.4, 0.5) is 11.4 Å². The van der Waals surface area contributed by atoms with Crippen LogP contribution >= 0.6 is 0 Å². The highest BCUT2D eigenvalue weighted by molar-refractivity contribution is 6.12. The lowest BCUT2D eigenvalue weighted by Crippen LogP contribution is -2.13. The quantitative estimate of drug-likeness (QED) is 0.143. The number of amides is 2. The number of hydrogen-bond donors (Lipinski definition) is 5. The normalized spacial score (nSPS) is 11.1. The van der Waals surface area contributed by atoms with Crippen LogP contribution in [0.5, 0.6) is 23.5 Å². The molecule has 52 heavy (non-hydrogen) atoms. The number of primary amides is 2. The second-order valence-electron chi connectivity index (χ2n) is 11.4. The minimum atomic E-state index is -0.652. The van der Waals surface area contributed by atoms with Crippen molar-refractivity contribution in [3.05, 3.63) is 96.6 Å². The van der Waals surface area contributed by atoms with Crippen LogP contribution in [-0.2, 0) is 13.6 Å². The van der Waals surface area contributed by atoms with Crippen molar-refractivity contribution in [2.24, 2.45) is 18.5 Å². The van der Waals surface area contributed by atoms with E-state index in [1.807, 2.05) is 6.07 Å². The molecule has 0 atom stereocenters. The Morgan fingerprint density at radius 1 is 0.712 bits per heavy atom. The molecule has 17 heteroatoms. The van der Waals surface area contributed by atoms with E-state index in [1.54, 1.807) is 90.9 Å². The molecule has 9 N–H and O–H groups in total. The number of anilines is 2. The van der Waals surface area contributed by atoms with E-state index in [-0.39, 0.29) is 36.6 Å². The smallest absolute Gasteiger partial charge is 0.322 e. The number of ether oxygens (including phenoxy) is 2. The van der Waals surface area contributed by atoms with Gasteiger partial charge in [-0.25, -0.2) is 9.97 Å². The molecule has 4 aromatic carbocycles. The number of aliphatic hydroxyl groups excluding tert-OH is 1. The lowest BCUT2D eigenvalue weighted by molar-refractivity contribution is 0.0987. The van der Waals surface area contributed by atoms with Gasteiger partial charge in [-0.2, -0.15) is 20.2 Å². The Morgan fingerprint density at radius 2 is 1.21 bits per heavy atom. The number of benzene rings is 4. The summed E-state index contributed by atoms with van der Waals surface area (Å²) in [6.45, 7) is 0.0431. The van der Waals surface area contributed by atoms with Crippen LogP contribution in [-0.4, -0.2) is 63.0 Å². The molecular weight excluding hydrogens is 668 g/mol.